The number of fused-ring (bicyclic) bond motifs is 1. The van der Waals surface area contributed by atoms with Crippen molar-refractivity contribution < 1.29 is 4.42 Å². The molecule has 3 aromatic rings. The van der Waals surface area contributed by atoms with Gasteiger partial charge in [0.05, 0.1) is 11.9 Å². The van der Waals surface area contributed by atoms with Gasteiger partial charge in [-0.1, -0.05) is 46.3 Å². The summed E-state index contributed by atoms with van der Waals surface area (Å²) in [5.41, 5.74) is 0.824. The Balaban J connectivity index is 2.21. The van der Waals surface area contributed by atoms with Crippen LogP contribution in [0.2, 0.25) is 0 Å². The highest BCUT2D eigenvalue weighted by Crippen LogP contribution is 2.15. The summed E-state index contributed by atoms with van der Waals surface area (Å²) in [4.78, 5) is 24.3. The molecular weight excluding hydrogens is 322 g/mol. The normalized spacial score (nSPS) is 10.8. The molecule has 0 aliphatic rings. The molecule has 100 valence electrons. The summed E-state index contributed by atoms with van der Waals surface area (Å²) in [7, 11) is 0. The van der Waals surface area contributed by atoms with Gasteiger partial charge in [0.2, 0.25) is 0 Å². The number of nitrogens with zero attached hydrogens (tertiary/aromatic N) is 1. The zero-order chi connectivity index (χ0) is 14.1. The minimum Gasteiger partial charge on any atom is -0.409 e. The fraction of sp³-hybridized carbons (Fsp3) is 0.0667. The molecule has 0 radical (unpaired) electrons. The maximum atomic E-state index is 12.4. The standard InChI is InChI=1S/C15H10BrNO3/c16-11-6-7-13-12(8-11)14(18)17(15(19)20-13)9-10-4-2-1-3-5-10/h1-8H,9H2. The Morgan fingerprint density at radius 2 is 1.80 bits per heavy atom. The average Bonchev–Trinajstić information content (AvgIpc) is 2.46. The van der Waals surface area contributed by atoms with Crippen LogP contribution in [0.15, 0.2) is 67.0 Å². The minimum absolute atomic E-state index is 0.199. The second-order valence-corrected chi connectivity index (χ2v) is 5.30. The highest BCUT2D eigenvalue weighted by atomic mass is 79.9. The Morgan fingerprint density at radius 1 is 1.05 bits per heavy atom. The number of halogens is 1. The Hall–Kier alpha value is -2.14. The molecule has 3 rings (SSSR count). The Labute approximate surface area is 122 Å². The Morgan fingerprint density at radius 3 is 2.55 bits per heavy atom. The van der Waals surface area contributed by atoms with Crippen molar-refractivity contribution in [3.05, 3.63) is 79.5 Å². The van der Waals surface area contributed by atoms with Crippen molar-refractivity contribution in [2.45, 2.75) is 6.54 Å². The quantitative estimate of drug-likeness (QED) is 0.725. The van der Waals surface area contributed by atoms with Crippen molar-refractivity contribution in [3.63, 3.8) is 0 Å². The molecule has 20 heavy (non-hydrogen) atoms. The van der Waals surface area contributed by atoms with Crippen molar-refractivity contribution in [1.29, 1.82) is 0 Å². The van der Waals surface area contributed by atoms with Gasteiger partial charge in [0, 0.05) is 4.47 Å². The first-order valence-corrected chi connectivity index (χ1v) is 6.81. The highest BCUT2D eigenvalue weighted by molar-refractivity contribution is 9.10. The van der Waals surface area contributed by atoms with Crippen LogP contribution in [-0.2, 0) is 6.54 Å². The van der Waals surface area contributed by atoms with Crippen molar-refractivity contribution in [2.24, 2.45) is 0 Å². The first-order valence-electron chi connectivity index (χ1n) is 6.02. The van der Waals surface area contributed by atoms with Gasteiger partial charge in [-0.2, -0.15) is 0 Å². The van der Waals surface area contributed by atoms with Crippen molar-refractivity contribution in [2.75, 3.05) is 0 Å². The van der Waals surface area contributed by atoms with E-state index in [-0.39, 0.29) is 12.1 Å². The van der Waals surface area contributed by atoms with Gasteiger partial charge in [-0.3, -0.25) is 4.79 Å². The predicted molar refractivity (Wildman–Crippen MR) is 80.0 cm³/mol. The SMILES string of the molecule is O=c1oc2ccc(Br)cc2c(=O)n1Cc1ccccc1. The van der Waals surface area contributed by atoms with E-state index in [4.69, 9.17) is 4.42 Å². The summed E-state index contributed by atoms with van der Waals surface area (Å²) in [5, 5.41) is 0.384. The molecule has 2 aromatic carbocycles. The molecule has 0 atom stereocenters. The third-order valence-corrected chi connectivity index (χ3v) is 3.51. The summed E-state index contributed by atoms with van der Waals surface area (Å²) in [5.74, 6) is -0.645. The van der Waals surface area contributed by atoms with Gasteiger partial charge in [0.25, 0.3) is 5.56 Å². The lowest BCUT2D eigenvalue weighted by atomic mass is 10.2. The van der Waals surface area contributed by atoms with Crippen LogP contribution in [0, 0.1) is 0 Å². The fourth-order valence-electron chi connectivity index (χ4n) is 2.04. The Bertz CT molecular complexity index is 881. The molecule has 1 aromatic heterocycles. The highest BCUT2D eigenvalue weighted by Gasteiger charge is 2.10. The summed E-state index contributed by atoms with van der Waals surface area (Å²) >= 11 is 3.31. The van der Waals surface area contributed by atoms with Crippen LogP contribution in [0.1, 0.15) is 5.56 Å². The number of benzene rings is 2. The van der Waals surface area contributed by atoms with Crippen LogP contribution in [0.25, 0.3) is 11.0 Å². The molecule has 0 fully saturated rings. The van der Waals surface area contributed by atoms with Crippen LogP contribution < -0.4 is 11.3 Å². The van der Waals surface area contributed by atoms with E-state index in [9.17, 15) is 9.59 Å². The van der Waals surface area contributed by atoms with E-state index in [1.165, 1.54) is 0 Å². The first kappa shape index (κ1) is 12.9. The second kappa shape index (κ2) is 5.09. The maximum Gasteiger partial charge on any atom is 0.422 e. The third-order valence-electron chi connectivity index (χ3n) is 3.02. The van der Waals surface area contributed by atoms with Crippen molar-refractivity contribution in [1.82, 2.24) is 4.57 Å². The molecule has 0 saturated carbocycles. The molecule has 0 bridgehead atoms. The third kappa shape index (κ3) is 2.32. The zero-order valence-electron chi connectivity index (χ0n) is 10.4. The van der Waals surface area contributed by atoms with Gasteiger partial charge in [-0.05, 0) is 23.8 Å². The number of hydrogen-bond donors (Lipinski definition) is 0. The molecule has 0 amide bonds. The van der Waals surface area contributed by atoms with E-state index in [1.54, 1.807) is 18.2 Å². The van der Waals surface area contributed by atoms with Gasteiger partial charge < -0.3 is 4.42 Å². The van der Waals surface area contributed by atoms with E-state index < -0.39 is 5.76 Å². The number of rotatable bonds is 2. The summed E-state index contributed by atoms with van der Waals surface area (Å²) in [6, 6.07) is 14.3. The largest absolute Gasteiger partial charge is 0.422 e. The topological polar surface area (TPSA) is 52.2 Å². The molecule has 0 spiro atoms. The lowest BCUT2D eigenvalue weighted by molar-refractivity contribution is 0.471. The second-order valence-electron chi connectivity index (χ2n) is 4.39. The van der Waals surface area contributed by atoms with Gasteiger partial charge in [-0.15, -0.1) is 0 Å². The molecule has 5 heteroatoms. The van der Waals surface area contributed by atoms with Crippen LogP contribution in [0.4, 0.5) is 0 Å². The number of aromatic nitrogens is 1. The predicted octanol–water partition coefficient (Wildman–Crippen LogP) is 2.77. The summed E-state index contributed by atoms with van der Waals surface area (Å²) < 4.78 is 7.05. The van der Waals surface area contributed by atoms with E-state index in [0.717, 1.165) is 14.6 Å². The smallest absolute Gasteiger partial charge is 0.409 e. The summed E-state index contributed by atoms with van der Waals surface area (Å²) in [6.07, 6.45) is 0. The van der Waals surface area contributed by atoms with Crippen LogP contribution in [0.5, 0.6) is 0 Å². The lowest BCUT2D eigenvalue weighted by Crippen LogP contribution is -2.32. The van der Waals surface area contributed by atoms with Crippen LogP contribution >= 0.6 is 15.9 Å². The number of hydrogen-bond acceptors (Lipinski definition) is 3. The molecule has 4 nitrogen and oxygen atoms in total. The van der Waals surface area contributed by atoms with E-state index >= 15 is 0 Å². The van der Waals surface area contributed by atoms with E-state index in [0.29, 0.717) is 11.0 Å². The Kier molecular flexibility index (Phi) is 3.28. The van der Waals surface area contributed by atoms with Gasteiger partial charge in [0.15, 0.2) is 0 Å². The average molecular weight is 332 g/mol. The van der Waals surface area contributed by atoms with E-state index in [1.807, 2.05) is 30.3 Å². The van der Waals surface area contributed by atoms with Crippen LogP contribution in [0.3, 0.4) is 0 Å². The van der Waals surface area contributed by atoms with Crippen molar-refractivity contribution in [3.8, 4) is 0 Å². The summed E-state index contributed by atoms with van der Waals surface area (Å²) in [6.45, 7) is 0.199. The van der Waals surface area contributed by atoms with Gasteiger partial charge >= 0.3 is 5.76 Å². The van der Waals surface area contributed by atoms with Gasteiger partial charge in [-0.25, -0.2) is 9.36 Å². The molecule has 0 N–H and O–H groups in total. The zero-order valence-corrected chi connectivity index (χ0v) is 12.0. The molecule has 1 heterocycles. The van der Waals surface area contributed by atoms with Gasteiger partial charge in [0.1, 0.15) is 5.58 Å². The van der Waals surface area contributed by atoms with Crippen LogP contribution in [-0.4, -0.2) is 4.57 Å². The molecular formula is C15H10BrNO3. The maximum absolute atomic E-state index is 12.4. The molecule has 0 aliphatic carbocycles. The molecule has 0 saturated heterocycles. The fourth-order valence-corrected chi connectivity index (χ4v) is 2.40. The minimum atomic E-state index is -0.645. The van der Waals surface area contributed by atoms with Crippen molar-refractivity contribution >= 4 is 26.9 Å². The molecule has 0 unspecified atom stereocenters. The monoisotopic (exact) mass is 331 g/mol. The van der Waals surface area contributed by atoms with E-state index in [2.05, 4.69) is 15.9 Å². The first-order chi connectivity index (χ1) is 9.65. The lowest BCUT2D eigenvalue weighted by Gasteiger charge is -2.05. The molecule has 0 aliphatic heterocycles.